The summed E-state index contributed by atoms with van der Waals surface area (Å²) >= 11 is 8.76. The molecule has 2 rings (SSSR count). The van der Waals surface area contributed by atoms with Crippen molar-refractivity contribution in [1.82, 2.24) is 10.3 Å². The first-order valence-corrected chi connectivity index (χ1v) is 10.8. The number of thioether (sulfide) groups is 1. The van der Waals surface area contributed by atoms with E-state index in [1.807, 2.05) is 6.26 Å². The second kappa shape index (κ2) is 9.87. The van der Waals surface area contributed by atoms with E-state index in [4.69, 9.17) is 11.6 Å². The van der Waals surface area contributed by atoms with Gasteiger partial charge in [0.05, 0.1) is 21.2 Å². The molecule has 1 aromatic heterocycles. The molecule has 1 heterocycles. The number of benzene rings is 1. The van der Waals surface area contributed by atoms with Gasteiger partial charge in [0.25, 0.3) is 5.91 Å². The first kappa shape index (κ1) is 21.4. The molecule has 27 heavy (non-hydrogen) atoms. The lowest BCUT2D eigenvalue weighted by Gasteiger charge is -2.17. The highest BCUT2D eigenvalue weighted by Gasteiger charge is 2.23. The van der Waals surface area contributed by atoms with Gasteiger partial charge in [0.1, 0.15) is 6.04 Å². The molecule has 1 unspecified atom stereocenters. The van der Waals surface area contributed by atoms with E-state index in [9.17, 15) is 14.4 Å². The number of carbonyl (C=O) groups excluding carboxylic acids is 3. The number of aryl methyl sites for hydroxylation is 1. The van der Waals surface area contributed by atoms with Crippen LogP contribution in [0, 0.1) is 6.92 Å². The molecule has 2 aromatic rings. The van der Waals surface area contributed by atoms with Gasteiger partial charge in [-0.1, -0.05) is 35.1 Å². The molecule has 0 saturated heterocycles. The Balaban J connectivity index is 2.13. The fraction of sp³-hybridized carbons (Fsp3) is 0.333. The van der Waals surface area contributed by atoms with Gasteiger partial charge < -0.3 is 10.6 Å². The van der Waals surface area contributed by atoms with E-state index in [1.54, 1.807) is 43.0 Å². The molecule has 2 amide bonds. The number of halogens is 1. The molecule has 1 atom stereocenters. The molecule has 0 aliphatic carbocycles. The number of hydrogen-bond acceptors (Lipinski definition) is 6. The zero-order valence-electron chi connectivity index (χ0n) is 15.2. The number of rotatable bonds is 8. The first-order valence-electron chi connectivity index (χ1n) is 8.17. The third kappa shape index (κ3) is 5.79. The van der Waals surface area contributed by atoms with E-state index in [1.165, 1.54) is 6.92 Å². The lowest BCUT2D eigenvalue weighted by Crippen LogP contribution is -2.44. The Morgan fingerprint density at radius 3 is 2.59 bits per heavy atom. The molecule has 0 aliphatic heterocycles. The van der Waals surface area contributed by atoms with E-state index < -0.39 is 11.9 Å². The standard InChI is InChI=1S/C18H20ClN3O3S2/c1-10-15(11(2)23)27-18(20-10)22-17(25)14(8-9-26-3)21-16(24)12-6-4-5-7-13(12)19/h4-7,14H,8-9H2,1-3H3,(H,21,24)(H,20,22,25). The Hall–Kier alpha value is -1.90. The number of carbonyl (C=O) groups is 3. The fourth-order valence-electron chi connectivity index (χ4n) is 2.35. The molecule has 0 spiro atoms. The molecule has 1 aromatic carbocycles. The smallest absolute Gasteiger partial charge is 0.253 e. The minimum atomic E-state index is -0.744. The summed E-state index contributed by atoms with van der Waals surface area (Å²) in [5.41, 5.74) is 0.883. The number of amides is 2. The van der Waals surface area contributed by atoms with Gasteiger partial charge in [0, 0.05) is 6.92 Å². The van der Waals surface area contributed by atoms with Crippen molar-refractivity contribution in [2.24, 2.45) is 0 Å². The normalized spacial score (nSPS) is 11.7. The van der Waals surface area contributed by atoms with E-state index in [2.05, 4.69) is 15.6 Å². The monoisotopic (exact) mass is 425 g/mol. The molecule has 0 fully saturated rings. The van der Waals surface area contributed by atoms with Gasteiger partial charge in [0.15, 0.2) is 10.9 Å². The molecule has 2 N–H and O–H groups in total. The molecular weight excluding hydrogens is 406 g/mol. The lowest BCUT2D eigenvalue weighted by atomic mass is 10.1. The Kier molecular flexibility index (Phi) is 7.82. The Labute approximate surface area is 171 Å². The van der Waals surface area contributed by atoms with Crippen molar-refractivity contribution in [2.75, 3.05) is 17.3 Å². The van der Waals surface area contributed by atoms with Crippen LogP contribution in [0.5, 0.6) is 0 Å². The summed E-state index contributed by atoms with van der Waals surface area (Å²) in [4.78, 5) is 41.5. The number of anilines is 1. The maximum atomic E-state index is 12.7. The van der Waals surface area contributed by atoms with Crippen molar-refractivity contribution in [3.8, 4) is 0 Å². The maximum Gasteiger partial charge on any atom is 0.253 e. The summed E-state index contributed by atoms with van der Waals surface area (Å²) in [7, 11) is 0. The molecular formula is C18H20ClN3O3S2. The van der Waals surface area contributed by atoms with Crippen molar-refractivity contribution in [1.29, 1.82) is 0 Å². The van der Waals surface area contributed by atoms with Crippen LogP contribution in [0.2, 0.25) is 5.02 Å². The number of nitrogens with zero attached hydrogens (tertiary/aromatic N) is 1. The fourth-order valence-corrected chi connectivity index (χ4v) is 3.91. The van der Waals surface area contributed by atoms with Gasteiger partial charge in [-0.3, -0.25) is 14.4 Å². The van der Waals surface area contributed by atoms with Crippen molar-refractivity contribution >= 4 is 57.4 Å². The molecule has 9 heteroatoms. The zero-order chi connectivity index (χ0) is 20.0. The summed E-state index contributed by atoms with van der Waals surface area (Å²) in [5.74, 6) is -0.206. The highest BCUT2D eigenvalue weighted by atomic mass is 35.5. The first-order chi connectivity index (χ1) is 12.8. The number of nitrogens with one attached hydrogen (secondary N) is 2. The minimum Gasteiger partial charge on any atom is -0.340 e. The van der Waals surface area contributed by atoms with Gasteiger partial charge in [0.2, 0.25) is 5.91 Å². The lowest BCUT2D eigenvalue weighted by molar-refractivity contribution is -0.118. The second-order valence-electron chi connectivity index (χ2n) is 5.77. The number of ketones is 1. The summed E-state index contributed by atoms with van der Waals surface area (Å²) in [6, 6.07) is 5.92. The Morgan fingerprint density at radius 2 is 2.00 bits per heavy atom. The summed E-state index contributed by atoms with van der Waals surface area (Å²) in [6.45, 7) is 3.17. The summed E-state index contributed by atoms with van der Waals surface area (Å²) in [5, 5.41) is 6.09. The molecule has 0 aliphatic rings. The zero-order valence-corrected chi connectivity index (χ0v) is 17.6. The molecule has 144 valence electrons. The van der Waals surface area contributed by atoms with E-state index in [-0.39, 0.29) is 11.7 Å². The van der Waals surface area contributed by atoms with Crippen LogP contribution in [-0.4, -0.2) is 40.6 Å². The van der Waals surface area contributed by atoms with Crippen LogP contribution >= 0.6 is 34.7 Å². The number of Topliss-reactive ketones (excluding diaryl/α,β-unsaturated/α-hetero) is 1. The van der Waals surface area contributed by atoms with Gasteiger partial charge in [-0.2, -0.15) is 11.8 Å². The van der Waals surface area contributed by atoms with Crippen molar-refractivity contribution in [2.45, 2.75) is 26.3 Å². The minimum absolute atomic E-state index is 0.101. The molecule has 6 nitrogen and oxygen atoms in total. The number of thiazole rings is 1. The SMILES string of the molecule is CSCCC(NC(=O)c1ccccc1Cl)C(=O)Nc1nc(C)c(C(C)=O)s1. The van der Waals surface area contributed by atoms with Gasteiger partial charge >= 0.3 is 0 Å². The number of hydrogen-bond donors (Lipinski definition) is 2. The highest BCUT2D eigenvalue weighted by Crippen LogP contribution is 2.23. The van der Waals surface area contributed by atoms with Crippen LogP contribution in [0.3, 0.4) is 0 Å². The van der Waals surface area contributed by atoms with Crippen molar-refractivity contribution in [3.05, 3.63) is 45.4 Å². The van der Waals surface area contributed by atoms with E-state index in [0.717, 1.165) is 11.3 Å². The van der Waals surface area contributed by atoms with Crippen LogP contribution in [0.1, 0.15) is 39.1 Å². The molecule has 0 radical (unpaired) electrons. The van der Waals surface area contributed by atoms with Crippen LogP contribution in [-0.2, 0) is 4.79 Å². The summed E-state index contributed by atoms with van der Waals surface area (Å²) in [6.07, 6.45) is 2.38. The van der Waals surface area contributed by atoms with E-state index >= 15 is 0 Å². The average molecular weight is 426 g/mol. The Bertz CT molecular complexity index is 854. The summed E-state index contributed by atoms with van der Waals surface area (Å²) < 4.78 is 0. The van der Waals surface area contributed by atoms with Crippen molar-refractivity contribution in [3.63, 3.8) is 0 Å². The molecule has 0 bridgehead atoms. The second-order valence-corrected chi connectivity index (χ2v) is 8.16. The van der Waals surface area contributed by atoms with Gasteiger partial charge in [-0.15, -0.1) is 0 Å². The van der Waals surface area contributed by atoms with Gasteiger partial charge in [-0.25, -0.2) is 4.98 Å². The average Bonchev–Trinajstić information content (AvgIpc) is 2.99. The van der Waals surface area contributed by atoms with Gasteiger partial charge in [-0.05, 0) is 37.5 Å². The molecule has 0 saturated carbocycles. The van der Waals surface area contributed by atoms with E-state index in [0.29, 0.717) is 38.5 Å². The van der Waals surface area contributed by atoms with Crippen LogP contribution in [0.4, 0.5) is 5.13 Å². The maximum absolute atomic E-state index is 12.7. The predicted molar refractivity (Wildman–Crippen MR) is 111 cm³/mol. The topological polar surface area (TPSA) is 88.2 Å². The third-order valence-corrected chi connectivity index (χ3v) is 5.84. The quantitative estimate of drug-likeness (QED) is 0.628. The Morgan fingerprint density at radius 1 is 1.30 bits per heavy atom. The predicted octanol–water partition coefficient (Wildman–Crippen LogP) is 3.80. The van der Waals surface area contributed by atoms with Crippen LogP contribution in [0.15, 0.2) is 24.3 Å². The van der Waals surface area contributed by atoms with Crippen LogP contribution in [0.25, 0.3) is 0 Å². The highest BCUT2D eigenvalue weighted by molar-refractivity contribution is 7.98. The third-order valence-electron chi connectivity index (χ3n) is 3.70. The largest absolute Gasteiger partial charge is 0.340 e. The van der Waals surface area contributed by atoms with Crippen molar-refractivity contribution < 1.29 is 14.4 Å². The van der Waals surface area contributed by atoms with Crippen LogP contribution < -0.4 is 10.6 Å². The number of aromatic nitrogens is 1.